The van der Waals surface area contributed by atoms with Crippen LogP contribution in [-0.4, -0.2) is 0 Å². The van der Waals surface area contributed by atoms with Gasteiger partial charge in [0, 0.05) is 5.39 Å². The monoisotopic (exact) mass is 188 g/mol. The first-order valence-corrected chi connectivity index (χ1v) is 5.14. The predicted octanol–water partition coefficient (Wildman–Crippen LogP) is 3.94. The van der Waals surface area contributed by atoms with E-state index in [0.29, 0.717) is 5.92 Å². The molecule has 74 valence electrons. The molecule has 0 aliphatic heterocycles. The van der Waals surface area contributed by atoms with Gasteiger partial charge in [0.05, 0.1) is 0 Å². The molecule has 0 spiro atoms. The summed E-state index contributed by atoms with van der Waals surface area (Å²) in [5, 5.41) is 1.20. The first kappa shape index (κ1) is 9.32. The van der Waals surface area contributed by atoms with Gasteiger partial charge < -0.3 is 4.42 Å². The maximum absolute atomic E-state index is 5.59. The van der Waals surface area contributed by atoms with Crippen LogP contribution in [0.4, 0.5) is 0 Å². The van der Waals surface area contributed by atoms with Crippen molar-refractivity contribution in [2.75, 3.05) is 0 Å². The van der Waals surface area contributed by atoms with Crippen molar-refractivity contribution in [1.29, 1.82) is 0 Å². The number of hydrogen-bond donors (Lipinski definition) is 0. The Bertz CT molecular complexity index is 437. The van der Waals surface area contributed by atoms with Crippen LogP contribution >= 0.6 is 0 Å². The highest BCUT2D eigenvalue weighted by molar-refractivity contribution is 5.78. The number of furan rings is 1. The van der Waals surface area contributed by atoms with Crippen LogP contribution in [0.15, 0.2) is 28.7 Å². The second-order valence-electron chi connectivity index (χ2n) is 4.33. The van der Waals surface area contributed by atoms with E-state index in [2.05, 4.69) is 38.1 Å². The normalized spacial score (nSPS) is 11.4. The van der Waals surface area contributed by atoms with Crippen LogP contribution in [-0.2, 0) is 6.42 Å². The van der Waals surface area contributed by atoms with Gasteiger partial charge in [0.2, 0.25) is 0 Å². The molecule has 1 heteroatoms. The first-order chi connectivity index (χ1) is 6.65. The number of hydrogen-bond acceptors (Lipinski definition) is 1. The number of rotatable bonds is 2. The summed E-state index contributed by atoms with van der Waals surface area (Å²) in [4.78, 5) is 0. The molecule has 1 aromatic heterocycles. The zero-order chi connectivity index (χ0) is 10.1. The standard InChI is InChI=1S/C13H16O/c1-9(2)6-11-4-5-12-7-10(3)14-13(12)8-11/h4-5,7-9H,6H2,1-3H3. The number of benzene rings is 1. The number of fused-ring (bicyclic) bond motifs is 1. The van der Waals surface area contributed by atoms with E-state index in [1.807, 2.05) is 6.92 Å². The van der Waals surface area contributed by atoms with Crippen molar-refractivity contribution < 1.29 is 4.42 Å². The summed E-state index contributed by atoms with van der Waals surface area (Å²) in [7, 11) is 0. The lowest BCUT2D eigenvalue weighted by molar-refractivity contribution is 0.577. The van der Waals surface area contributed by atoms with Crippen molar-refractivity contribution in [3.63, 3.8) is 0 Å². The third kappa shape index (κ3) is 1.82. The number of aryl methyl sites for hydroxylation is 1. The summed E-state index contributed by atoms with van der Waals surface area (Å²) in [5.74, 6) is 1.69. The molecule has 14 heavy (non-hydrogen) atoms. The van der Waals surface area contributed by atoms with Gasteiger partial charge in [0.25, 0.3) is 0 Å². The van der Waals surface area contributed by atoms with Gasteiger partial charge in [-0.15, -0.1) is 0 Å². The van der Waals surface area contributed by atoms with Crippen LogP contribution < -0.4 is 0 Å². The van der Waals surface area contributed by atoms with Gasteiger partial charge in [-0.3, -0.25) is 0 Å². The molecule has 2 aromatic rings. The van der Waals surface area contributed by atoms with Crippen molar-refractivity contribution in [2.45, 2.75) is 27.2 Å². The van der Waals surface area contributed by atoms with Crippen LogP contribution in [0, 0.1) is 12.8 Å². The van der Waals surface area contributed by atoms with Crippen LogP contribution in [0.1, 0.15) is 25.2 Å². The Kier molecular flexibility index (Phi) is 2.32. The topological polar surface area (TPSA) is 13.1 Å². The summed E-state index contributed by atoms with van der Waals surface area (Å²) < 4.78 is 5.59. The molecule has 0 bridgehead atoms. The minimum atomic E-state index is 0.698. The lowest BCUT2D eigenvalue weighted by atomic mass is 10.0. The van der Waals surface area contributed by atoms with Crippen molar-refractivity contribution >= 4 is 11.0 Å². The first-order valence-electron chi connectivity index (χ1n) is 5.14. The maximum Gasteiger partial charge on any atom is 0.134 e. The third-order valence-electron chi connectivity index (χ3n) is 2.35. The van der Waals surface area contributed by atoms with Crippen molar-refractivity contribution in [3.05, 3.63) is 35.6 Å². The molecule has 0 N–H and O–H groups in total. The van der Waals surface area contributed by atoms with E-state index in [0.717, 1.165) is 17.8 Å². The largest absolute Gasteiger partial charge is 0.461 e. The van der Waals surface area contributed by atoms with E-state index in [9.17, 15) is 0 Å². The SMILES string of the molecule is Cc1cc2ccc(CC(C)C)cc2o1. The molecule has 0 unspecified atom stereocenters. The molecular weight excluding hydrogens is 172 g/mol. The maximum atomic E-state index is 5.59. The Morgan fingerprint density at radius 2 is 2.00 bits per heavy atom. The van der Waals surface area contributed by atoms with Gasteiger partial charge in [0.1, 0.15) is 11.3 Å². The average molecular weight is 188 g/mol. The molecule has 2 rings (SSSR count). The van der Waals surface area contributed by atoms with E-state index >= 15 is 0 Å². The molecule has 0 aliphatic carbocycles. The molecule has 1 aromatic carbocycles. The minimum Gasteiger partial charge on any atom is -0.461 e. The summed E-state index contributed by atoms with van der Waals surface area (Å²) >= 11 is 0. The third-order valence-corrected chi connectivity index (χ3v) is 2.35. The Labute approximate surface area is 84.7 Å². The van der Waals surface area contributed by atoms with Gasteiger partial charge in [0.15, 0.2) is 0 Å². The van der Waals surface area contributed by atoms with E-state index in [1.54, 1.807) is 0 Å². The summed E-state index contributed by atoms with van der Waals surface area (Å²) in [6, 6.07) is 8.57. The fraction of sp³-hybridized carbons (Fsp3) is 0.385. The molecule has 0 atom stereocenters. The smallest absolute Gasteiger partial charge is 0.134 e. The summed E-state index contributed by atoms with van der Waals surface area (Å²) in [6.45, 7) is 6.46. The van der Waals surface area contributed by atoms with Gasteiger partial charge in [-0.2, -0.15) is 0 Å². The van der Waals surface area contributed by atoms with Crippen molar-refractivity contribution in [1.82, 2.24) is 0 Å². The second-order valence-corrected chi connectivity index (χ2v) is 4.33. The van der Waals surface area contributed by atoms with E-state index in [-0.39, 0.29) is 0 Å². The van der Waals surface area contributed by atoms with Gasteiger partial charge in [-0.1, -0.05) is 26.0 Å². The molecule has 1 nitrogen and oxygen atoms in total. The zero-order valence-electron chi connectivity index (χ0n) is 9.00. The fourth-order valence-electron chi connectivity index (χ4n) is 1.81. The quantitative estimate of drug-likeness (QED) is 0.695. The molecule has 1 heterocycles. The van der Waals surface area contributed by atoms with Gasteiger partial charge in [-0.05, 0) is 37.0 Å². The van der Waals surface area contributed by atoms with Crippen LogP contribution in [0.25, 0.3) is 11.0 Å². The van der Waals surface area contributed by atoms with Crippen LogP contribution in [0.3, 0.4) is 0 Å². The molecule has 0 amide bonds. The Balaban J connectivity index is 2.40. The zero-order valence-corrected chi connectivity index (χ0v) is 9.00. The lowest BCUT2D eigenvalue weighted by Crippen LogP contribution is -1.92. The Hall–Kier alpha value is -1.24. The second kappa shape index (κ2) is 3.49. The average Bonchev–Trinajstić information content (AvgIpc) is 2.42. The van der Waals surface area contributed by atoms with E-state index in [4.69, 9.17) is 4.42 Å². The van der Waals surface area contributed by atoms with Crippen molar-refractivity contribution in [3.8, 4) is 0 Å². The van der Waals surface area contributed by atoms with Crippen LogP contribution in [0.2, 0.25) is 0 Å². The highest BCUT2D eigenvalue weighted by Crippen LogP contribution is 2.21. The molecule has 0 aliphatic rings. The van der Waals surface area contributed by atoms with Crippen molar-refractivity contribution in [2.24, 2.45) is 5.92 Å². The molecule has 0 saturated heterocycles. The van der Waals surface area contributed by atoms with E-state index < -0.39 is 0 Å². The molecule has 0 fully saturated rings. The molecular formula is C13H16O. The molecule has 0 radical (unpaired) electrons. The van der Waals surface area contributed by atoms with Gasteiger partial charge in [-0.25, -0.2) is 0 Å². The summed E-state index contributed by atoms with van der Waals surface area (Å²) in [6.07, 6.45) is 1.12. The minimum absolute atomic E-state index is 0.698. The highest BCUT2D eigenvalue weighted by atomic mass is 16.3. The van der Waals surface area contributed by atoms with Gasteiger partial charge >= 0.3 is 0 Å². The summed E-state index contributed by atoms with van der Waals surface area (Å²) in [5.41, 5.74) is 2.38. The fourth-order valence-corrected chi connectivity index (χ4v) is 1.81. The van der Waals surface area contributed by atoms with Crippen LogP contribution in [0.5, 0.6) is 0 Å². The van der Waals surface area contributed by atoms with E-state index in [1.165, 1.54) is 10.9 Å². The predicted molar refractivity (Wildman–Crippen MR) is 59.5 cm³/mol. The lowest BCUT2D eigenvalue weighted by Gasteiger charge is -2.03. The molecule has 0 saturated carbocycles. The highest BCUT2D eigenvalue weighted by Gasteiger charge is 2.02. The Morgan fingerprint density at radius 1 is 1.21 bits per heavy atom. The Morgan fingerprint density at radius 3 is 2.71 bits per heavy atom.